The van der Waals surface area contributed by atoms with Gasteiger partial charge in [-0.15, -0.1) is 0 Å². The molecule has 126 valence electrons. The van der Waals surface area contributed by atoms with Crippen molar-refractivity contribution in [3.63, 3.8) is 0 Å². The van der Waals surface area contributed by atoms with E-state index in [9.17, 15) is 4.79 Å². The summed E-state index contributed by atoms with van der Waals surface area (Å²) in [7, 11) is 0. The zero-order chi connectivity index (χ0) is 16.9. The number of amides is 2. The number of nitrogens with zero attached hydrogens (tertiary/aromatic N) is 3. The molecule has 1 N–H and O–H groups in total. The molecular weight excluding hydrogens is 324 g/mol. The maximum atomic E-state index is 12.3. The standard InChI is InChI=1S/C18H21ClN4O/c1-14-16(19)5-2-6-17(14)22-8-10-23(11-9-22)18(24)21-13-15-4-3-7-20-12-15/h2-7,12H,8-11,13H2,1H3,(H,21,24). The number of carbonyl (C=O) groups is 1. The third kappa shape index (κ3) is 3.79. The quantitative estimate of drug-likeness (QED) is 0.930. The lowest BCUT2D eigenvalue weighted by Gasteiger charge is -2.36. The van der Waals surface area contributed by atoms with Crippen LogP contribution in [-0.4, -0.2) is 42.1 Å². The average molecular weight is 345 g/mol. The van der Waals surface area contributed by atoms with Gasteiger partial charge in [-0.2, -0.15) is 0 Å². The van der Waals surface area contributed by atoms with Crippen molar-refractivity contribution < 1.29 is 4.79 Å². The van der Waals surface area contributed by atoms with Crippen molar-refractivity contribution in [3.8, 4) is 0 Å². The van der Waals surface area contributed by atoms with E-state index in [1.807, 2.05) is 36.1 Å². The molecule has 0 aliphatic carbocycles. The summed E-state index contributed by atoms with van der Waals surface area (Å²) in [4.78, 5) is 20.5. The van der Waals surface area contributed by atoms with Gasteiger partial charge < -0.3 is 15.1 Å². The lowest BCUT2D eigenvalue weighted by Crippen LogP contribution is -2.51. The first-order valence-electron chi connectivity index (χ1n) is 8.07. The first-order chi connectivity index (χ1) is 11.6. The second kappa shape index (κ2) is 7.53. The maximum Gasteiger partial charge on any atom is 0.317 e. The zero-order valence-corrected chi connectivity index (χ0v) is 14.5. The SMILES string of the molecule is Cc1c(Cl)cccc1N1CCN(C(=O)NCc2cccnc2)CC1. The summed E-state index contributed by atoms with van der Waals surface area (Å²) in [6.07, 6.45) is 3.49. The van der Waals surface area contributed by atoms with Crippen LogP contribution in [0.25, 0.3) is 0 Å². The smallest absolute Gasteiger partial charge is 0.317 e. The van der Waals surface area contributed by atoms with Crippen LogP contribution in [0.5, 0.6) is 0 Å². The molecule has 0 saturated carbocycles. The van der Waals surface area contributed by atoms with Gasteiger partial charge in [0.1, 0.15) is 0 Å². The van der Waals surface area contributed by atoms with Gasteiger partial charge in [0.2, 0.25) is 0 Å². The Hall–Kier alpha value is -2.27. The van der Waals surface area contributed by atoms with E-state index in [0.717, 1.165) is 34.9 Å². The van der Waals surface area contributed by atoms with Gasteiger partial charge >= 0.3 is 6.03 Å². The van der Waals surface area contributed by atoms with E-state index in [0.29, 0.717) is 19.6 Å². The Labute approximate surface area is 147 Å². The number of nitrogens with one attached hydrogen (secondary N) is 1. The molecule has 0 spiro atoms. The van der Waals surface area contributed by atoms with Crippen LogP contribution < -0.4 is 10.2 Å². The summed E-state index contributed by atoms with van der Waals surface area (Å²) in [5.74, 6) is 0. The van der Waals surface area contributed by atoms with Gasteiger partial charge in [0.05, 0.1) is 0 Å². The molecule has 2 aromatic rings. The van der Waals surface area contributed by atoms with Gasteiger partial charge in [-0.1, -0.05) is 23.7 Å². The fourth-order valence-electron chi connectivity index (χ4n) is 2.88. The summed E-state index contributed by atoms with van der Waals surface area (Å²) in [6.45, 7) is 5.55. The molecule has 1 aromatic carbocycles. The van der Waals surface area contributed by atoms with Crippen LogP contribution in [-0.2, 0) is 6.54 Å². The second-order valence-electron chi connectivity index (χ2n) is 5.88. The molecule has 0 bridgehead atoms. The summed E-state index contributed by atoms with van der Waals surface area (Å²) in [6, 6.07) is 9.75. The van der Waals surface area contributed by atoms with Crippen LogP contribution in [0, 0.1) is 6.92 Å². The molecule has 1 aromatic heterocycles. The molecule has 24 heavy (non-hydrogen) atoms. The first-order valence-corrected chi connectivity index (χ1v) is 8.44. The van der Waals surface area contributed by atoms with E-state index in [4.69, 9.17) is 11.6 Å². The van der Waals surface area contributed by atoms with Crippen molar-refractivity contribution in [3.05, 3.63) is 58.9 Å². The van der Waals surface area contributed by atoms with Crippen molar-refractivity contribution in [2.75, 3.05) is 31.1 Å². The highest BCUT2D eigenvalue weighted by Gasteiger charge is 2.22. The number of pyridine rings is 1. The summed E-state index contributed by atoms with van der Waals surface area (Å²) in [5, 5.41) is 3.73. The monoisotopic (exact) mass is 344 g/mol. The number of benzene rings is 1. The van der Waals surface area contributed by atoms with Crippen molar-refractivity contribution >= 4 is 23.3 Å². The topological polar surface area (TPSA) is 48.5 Å². The molecule has 3 rings (SSSR count). The van der Waals surface area contributed by atoms with E-state index in [2.05, 4.69) is 21.3 Å². The molecule has 6 heteroatoms. The number of hydrogen-bond donors (Lipinski definition) is 1. The molecule has 2 heterocycles. The maximum absolute atomic E-state index is 12.3. The minimum absolute atomic E-state index is 0.0266. The molecule has 1 fully saturated rings. The number of piperazine rings is 1. The highest BCUT2D eigenvalue weighted by Crippen LogP contribution is 2.27. The lowest BCUT2D eigenvalue weighted by molar-refractivity contribution is 0.194. The molecule has 1 saturated heterocycles. The number of hydrogen-bond acceptors (Lipinski definition) is 3. The van der Waals surface area contributed by atoms with E-state index in [-0.39, 0.29) is 6.03 Å². The van der Waals surface area contributed by atoms with E-state index < -0.39 is 0 Å². The predicted octanol–water partition coefficient (Wildman–Crippen LogP) is 3.08. The van der Waals surface area contributed by atoms with Gasteiger partial charge in [-0.3, -0.25) is 4.98 Å². The number of urea groups is 1. The predicted molar refractivity (Wildman–Crippen MR) is 96.4 cm³/mol. The second-order valence-corrected chi connectivity index (χ2v) is 6.29. The highest BCUT2D eigenvalue weighted by atomic mass is 35.5. The Morgan fingerprint density at radius 3 is 2.71 bits per heavy atom. The summed E-state index contributed by atoms with van der Waals surface area (Å²) >= 11 is 6.21. The van der Waals surface area contributed by atoms with Crippen LogP contribution >= 0.6 is 11.6 Å². The number of carbonyl (C=O) groups excluding carboxylic acids is 1. The van der Waals surface area contributed by atoms with E-state index in [1.54, 1.807) is 12.4 Å². The average Bonchev–Trinajstić information content (AvgIpc) is 2.63. The van der Waals surface area contributed by atoms with Gasteiger partial charge in [0.25, 0.3) is 0 Å². The van der Waals surface area contributed by atoms with Crippen LogP contribution in [0.15, 0.2) is 42.7 Å². The van der Waals surface area contributed by atoms with Crippen LogP contribution in [0.3, 0.4) is 0 Å². The molecular formula is C18H21ClN4O. The molecule has 0 unspecified atom stereocenters. The summed E-state index contributed by atoms with van der Waals surface area (Å²) < 4.78 is 0. The number of anilines is 1. The van der Waals surface area contributed by atoms with Crippen LogP contribution in [0.2, 0.25) is 5.02 Å². The van der Waals surface area contributed by atoms with Crippen molar-refractivity contribution in [2.45, 2.75) is 13.5 Å². The molecule has 1 aliphatic heterocycles. The van der Waals surface area contributed by atoms with Gasteiger partial charge in [0, 0.05) is 55.8 Å². The van der Waals surface area contributed by atoms with E-state index >= 15 is 0 Å². The fraction of sp³-hybridized carbons (Fsp3) is 0.333. The minimum Gasteiger partial charge on any atom is -0.368 e. The number of halogens is 1. The Bertz CT molecular complexity index is 699. The first kappa shape index (κ1) is 16.6. The third-order valence-electron chi connectivity index (χ3n) is 4.31. The molecule has 0 atom stereocenters. The van der Waals surface area contributed by atoms with Gasteiger partial charge in [0.15, 0.2) is 0 Å². The third-order valence-corrected chi connectivity index (χ3v) is 4.72. The Morgan fingerprint density at radius 1 is 1.21 bits per heavy atom. The zero-order valence-electron chi connectivity index (χ0n) is 13.7. The van der Waals surface area contributed by atoms with Crippen molar-refractivity contribution in [1.82, 2.24) is 15.2 Å². The molecule has 1 aliphatic rings. The number of aromatic nitrogens is 1. The van der Waals surface area contributed by atoms with E-state index in [1.165, 1.54) is 0 Å². The highest BCUT2D eigenvalue weighted by molar-refractivity contribution is 6.31. The Morgan fingerprint density at radius 2 is 2.00 bits per heavy atom. The molecule has 5 nitrogen and oxygen atoms in total. The lowest BCUT2D eigenvalue weighted by atomic mass is 10.1. The van der Waals surface area contributed by atoms with Crippen LogP contribution in [0.1, 0.15) is 11.1 Å². The summed E-state index contributed by atoms with van der Waals surface area (Å²) in [5.41, 5.74) is 3.24. The van der Waals surface area contributed by atoms with Crippen molar-refractivity contribution in [2.24, 2.45) is 0 Å². The fourth-order valence-corrected chi connectivity index (χ4v) is 3.05. The number of rotatable bonds is 3. The Kier molecular flexibility index (Phi) is 5.20. The largest absolute Gasteiger partial charge is 0.368 e. The Balaban J connectivity index is 1.53. The van der Waals surface area contributed by atoms with Crippen LogP contribution in [0.4, 0.5) is 10.5 Å². The van der Waals surface area contributed by atoms with Gasteiger partial charge in [-0.05, 0) is 36.2 Å². The van der Waals surface area contributed by atoms with Crippen molar-refractivity contribution in [1.29, 1.82) is 0 Å². The van der Waals surface area contributed by atoms with Gasteiger partial charge in [-0.25, -0.2) is 4.79 Å². The minimum atomic E-state index is -0.0266. The normalized spacial score (nSPS) is 14.6. The molecule has 0 radical (unpaired) electrons. The molecule has 2 amide bonds.